The minimum atomic E-state index is -0.302. The van der Waals surface area contributed by atoms with Crippen LogP contribution in [0.25, 0.3) is 0 Å². The number of carbonyl (C=O) groups excluding carboxylic acids is 1. The molecule has 0 aromatic carbocycles. The first-order valence-electron chi connectivity index (χ1n) is 4.21. The summed E-state index contributed by atoms with van der Waals surface area (Å²) in [6, 6.07) is 0.384. The van der Waals surface area contributed by atoms with Crippen LogP contribution in [0.4, 0.5) is 0 Å². The van der Waals surface area contributed by atoms with E-state index in [9.17, 15) is 4.79 Å². The highest BCUT2D eigenvalue weighted by atomic mass is 16.1. The molecule has 0 aromatic heterocycles. The maximum Gasteiger partial charge on any atom is 0.231 e. The van der Waals surface area contributed by atoms with Gasteiger partial charge in [0.1, 0.15) is 0 Å². The molecule has 0 aliphatic rings. The Morgan fingerprint density at radius 3 is 2.17 bits per heavy atom. The van der Waals surface area contributed by atoms with Crippen molar-refractivity contribution in [3.8, 4) is 0 Å². The molecular formula is C8H19N3O. The van der Waals surface area contributed by atoms with Crippen molar-refractivity contribution in [2.45, 2.75) is 32.9 Å². The highest BCUT2D eigenvalue weighted by molar-refractivity contribution is 5.75. The second-order valence-corrected chi connectivity index (χ2v) is 3.47. The summed E-state index contributed by atoms with van der Waals surface area (Å²) in [4.78, 5) is 12.6. The Kier molecular flexibility index (Phi) is 4.85. The molecule has 0 saturated carbocycles. The maximum atomic E-state index is 10.6. The van der Waals surface area contributed by atoms with Gasteiger partial charge < -0.3 is 11.5 Å². The van der Waals surface area contributed by atoms with E-state index in [1.54, 1.807) is 0 Å². The molecule has 0 fully saturated rings. The fraction of sp³-hybridized carbons (Fsp3) is 0.875. The lowest BCUT2D eigenvalue weighted by Crippen LogP contribution is -2.44. The number of carbonyl (C=O) groups is 1. The number of primary amides is 1. The van der Waals surface area contributed by atoms with Crippen molar-refractivity contribution < 1.29 is 4.79 Å². The number of amides is 1. The second-order valence-electron chi connectivity index (χ2n) is 3.47. The fourth-order valence-electron chi connectivity index (χ4n) is 1.03. The zero-order valence-electron chi connectivity index (χ0n) is 8.08. The largest absolute Gasteiger partial charge is 0.369 e. The maximum absolute atomic E-state index is 10.6. The first-order chi connectivity index (χ1) is 5.43. The molecule has 0 bridgehead atoms. The van der Waals surface area contributed by atoms with Crippen LogP contribution in [0, 0.1) is 0 Å². The number of nitrogens with zero attached hydrogens (tertiary/aromatic N) is 1. The van der Waals surface area contributed by atoms with Gasteiger partial charge in [-0.15, -0.1) is 0 Å². The van der Waals surface area contributed by atoms with Crippen LogP contribution in [0.2, 0.25) is 0 Å². The Morgan fingerprint density at radius 2 is 1.92 bits per heavy atom. The number of hydrogen-bond donors (Lipinski definition) is 2. The van der Waals surface area contributed by atoms with Gasteiger partial charge in [-0.25, -0.2) is 0 Å². The summed E-state index contributed by atoms with van der Waals surface area (Å²) in [6.07, 6.45) is 0. The van der Waals surface area contributed by atoms with Crippen LogP contribution in [0.3, 0.4) is 0 Å². The molecule has 1 amide bonds. The lowest BCUT2D eigenvalue weighted by Gasteiger charge is -2.26. The third-order valence-corrected chi connectivity index (χ3v) is 1.61. The molecule has 0 aromatic rings. The molecule has 1 atom stereocenters. The summed E-state index contributed by atoms with van der Waals surface area (Å²) < 4.78 is 0. The molecule has 72 valence electrons. The van der Waals surface area contributed by atoms with E-state index >= 15 is 0 Å². The van der Waals surface area contributed by atoms with E-state index in [0.717, 1.165) is 0 Å². The van der Waals surface area contributed by atoms with Crippen molar-refractivity contribution in [1.82, 2.24) is 4.90 Å². The van der Waals surface area contributed by atoms with Gasteiger partial charge in [-0.05, 0) is 20.8 Å². The topological polar surface area (TPSA) is 72.3 Å². The average molecular weight is 173 g/mol. The molecule has 4 nitrogen and oxygen atoms in total. The van der Waals surface area contributed by atoms with E-state index < -0.39 is 0 Å². The smallest absolute Gasteiger partial charge is 0.231 e. The lowest BCUT2D eigenvalue weighted by molar-refractivity contribution is -0.119. The first kappa shape index (κ1) is 11.4. The predicted octanol–water partition coefficient (Wildman–Crippen LogP) is -0.471. The zero-order chi connectivity index (χ0) is 9.72. The van der Waals surface area contributed by atoms with Gasteiger partial charge in [0.15, 0.2) is 0 Å². The van der Waals surface area contributed by atoms with Crippen LogP contribution in [-0.2, 0) is 4.79 Å². The van der Waals surface area contributed by atoms with Crippen LogP contribution in [0.1, 0.15) is 20.8 Å². The van der Waals surface area contributed by atoms with Gasteiger partial charge in [-0.3, -0.25) is 9.69 Å². The van der Waals surface area contributed by atoms with Crippen molar-refractivity contribution in [2.75, 3.05) is 13.1 Å². The van der Waals surface area contributed by atoms with Gasteiger partial charge in [-0.1, -0.05) is 0 Å². The molecule has 0 aliphatic carbocycles. The summed E-state index contributed by atoms with van der Waals surface area (Å²) in [7, 11) is 0. The first-order valence-corrected chi connectivity index (χ1v) is 4.21. The van der Waals surface area contributed by atoms with E-state index in [2.05, 4.69) is 0 Å². The average Bonchev–Trinajstić information content (AvgIpc) is 1.83. The molecule has 0 heterocycles. The number of hydrogen-bond acceptors (Lipinski definition) is 3. The van der Waals surface area contributed by atoms with Gasteiger partial charge in [0.25, 0.3) is 0 Å². The molecule has 0 spiro atoms. The minimum absolute atomic E-state index is 0.0757. The summed E-state index contributed by atoms with van der Waals surface area (Å²) in [5.74, 6) is -0.302. The highest BCUT2D eigenvalue weighted by Gasteiger charge is 2.12. The molecule has 0 rings (SSSR count). The Labute approximate surface area is 73.9 Å². The van der Waals surface area contributed by atoms with Gasteiger partial charge >= 0.3 is 0 Å². The Hall–Kier alpha value is -0.610. The van der Waals surface area contributed by atoms with E-state index in [1.807, 2.05) is 25.7 Å². The Bertz CT molecular complexity index is 145. The fourth-order valence-corrected chi connectivity index (χ4v) is 1.03. The molecular weight excluding hydrogens is 154 g/mol. The SMILES string of the molecule is CC(N)CN(CC(N)=O)C(C)C. The third-order valence-electron chi connectivity index (χ3n) is 1.61. The molecule has 0 radical (unpaired) electrons. The quantitative estimate of drug-likeness (QED) is 0.590. The zero-order valence-corrected chi connectivity index (χ0v) is 8.08. The normalized spacial score (nSPS) is 13.8. The van der Waals surface area contributed by atoms with E-state index in [0.29, 0.717) is 19.1 Å². The van der Waals surface area contributed by atoms with Crippen molar-refractivity contribution >= 4 is 5.91 Å². The number of rotatable bonds is 5. The molecule has 1 unspecified atom stereocenters. The standard InChI is InChI=1S/C8H19N3O/c1-6(2)11(4-7(3)9)5-8(10)12/h6-7H,4-5,9H2,1-3H3,(H2,10,12). The summed E-state index contributed by atoms with van der Waals surface area (Å²) >= 11 is 0. The molecule has 0 aliphatic heterocycles. The Balaban J connectivity index is 3.95. The van der Waals surface area contributed by atoms with Crippen LogP contribution < -0.4 is 11.5 Å². The summed E-state index contributed by atoms with van der Waals surface area (Å²) in [6.45, 7) is 6.95. The Morgan fingerprint density at radius 1 is 1.42 bits per heavy atom. The van der Waals surface area contributed by atoms with Gasteiger partial charge in [0, 0.05) is 18.6 Å². The van der Waals surface area contributed by atoms with E-state index in [4.69, 9.17) is 11.5 Å². The van der Waals surface area contributed by atoms with E-state index in [1.165, 1.54) is 0 Å². The van der Waals surface area contributed by atoms with Crippen LogP contribution in [0.5, 0.6) is 0 Å². The van der Waals surface area contributed by atoms with Gasteiger partial charge in [0.05, 0.1) is 6.54 Å². The van der Waals surface area contributed by atoms with E-state index in [-0.39, 0.29) is 11.9 Å². The minimum Gasteiger partial charge on any atom is -0.369 e. The van der Waals surface area contributed by atoms with Crippen LogP contribution in [-0.4, -0.2) is 36.0 Å². The monoisotopic (exact) mass is 173 g/mol. The highest BCUT2D eigenvalue weighted by Crippen LogP contribution is 1.97. The second kappa shape index (κ2) is 5.11. The van der Waals surface area contributed by atoms with Crippen molar-refractivity contribution in [3.05, 3.63) is 0 Å². The van der Waals surface area contributed by atoms with Crippen LogP contribution >= 0.6 is 0 Å². The van der Waals surface area contributed by atoms with Crippen LogP contribution in [0.15, 0.2) is 0 Å². The van der Waals surface area contributed by atoms with Crippen molar-refractivity contribution in [3.63, 3.8) is 0 Å². The van der Waals surface area contributed by atoms with Gasteiger partial charge in [0.2, 0.25) is 5.91 Å². The third kappa shape index (κ3) is 5.09. The predicted molar refractivity (Wildman–Crippen MR) is 49.6 cm³/mol. The molecule has 0 saturated heterocycles. The lowest BCUT2D eigenvalue weighted by atomic mass is 10.2. The number of nitrogens with two attached hydrogens (primary N) is 2. The molecule has 12 heavy (non-hydrogen) atoms. The summed E-state index contributed by atoms with van der Waals surface area (Å²) in [5, 5.41) is 0. The van der Waals surface area contributed by atoms with Gasteiger partial charge in [-0.2, -0.15) is 0 Å². The molecule has 4 N–H and O–H groups in total. The molecule has 4 heteroatoms. The van der Waals surface area contributed by atoms with Crippen molar-refractivity contribution in [1.29, 1.82) is 0 Å². The van der Waals surface area contributed by atoms with Crippen molar-refractivity contribution in [2.24, 2.45) is 11.5 Å². The summed E-state index contributed by atoms with van der Waals surface area (Å²) in [5.41, 5.74) is 10.7.